The molecule has 6 nitrogen and oxygen atoms in total. The lowest BCUT2D eigenvalue weighted by Gasteiger charge is -2.42. The number of amides is 1. The van der Waals surface area contributed by atoms with Gasteiger partial charge in [-0.3, -0.25) is 9.59 Å². The number of fused-ring (bicyclic) bond motifs is 4. The van der Waals surface area contributed by atoms with Gasteiger partial charge in [-0.1, -0.05) is 18.2 Å². The number of methoxy groups -OCH3 is 1. The quantitative estimate of drug-likeness (QED) is 0.826. The van der Waals surface area contributed by atoms with Gasteiger partial charge in [0.2, 0.25) is 5.91 Å². The van der Waals surface area contributed by atoms with Crippen LogP contribution in [0.2, 0.25) is 0 Å². The molecule has 1 fully saturated rings. The van der Waals surface area contributed by atoms with Gasteiger partial charge >= 0.3 is 0 Å². The fourth-order valence-electron chi connectivity index (χ4n) is 4.52. The predicted molar refractivity (Wildman–Crippen MR) is 108 cm³/mol. The fourth-order valence-corrected chi connectivity index (χ4v) is 4.52. The lowest BCUT2D eigenvalue weighted by atomic mass is 9.83. The molecule has 0 unspecified atom stereocenters. The molecule has 2 bridgehead atoms. The lowest BCUT2D eigenvalue weighted by Crippen LogP contribution is -2.48. The van der Waals surface area contributed by atoms with E-state index in [1.165, 1.54) is 0 Å². The van der Waals surface area contributed by atoms with Crippen molar-refractivity contribution in [1.29, 1.82) is 0 Å². The number of benzene rings is 1. The normalized spacial score (nSPS) is 21.0. The van der Waals surface area contributed by atoms with E-state index in [-0.39, 0.29) is 11.5 Å². The first kappa shape index (κ1) is 18.7. The van der Waals surface area contributed by atoms with Crippen molar-refractivity contribution in [2.45, 2.75) is 25.3 Å². The molecule has 1 saturated heterocycles. The molecule has 0 saturated carbocycles. The van der Waals surface area contributed by atoms with Gasteiger partial charge in [-0.25, -0.2) is 0 Å². The van der Waals surface area contributed by atoms with Crippen LogP contribution in [0.25, 0.3) is 0 Å². The van der Waals surface area contributed by atoms with E-state index in [1.54, 1.807) is 13.2 Å². The first-order valence-corrected chi connectivity index (χ1v) is 9.94. The van der Waals surface area contributed by atoms with Gasteiger partial charge in [0, 0.05) is 50.4 Å². The number of carbonyl (C=O) groups excluding carboxylic acids is 1. The number of hydrogen-bond acceptors (Lipinski definition) is 4. The van der Waals surface area contributed by atoms with Crippen LogP contribution in [0.5, 0.6) is 5.75 Å². The smallest absolute Gasteiger partial charge is 0.250 e. The van der Waals surface area contributed by atoms with E-state index in [2.05, 4.69) is 16.3 Å². The van der Waals surface area contributed by atoms with E-state index in [0.717, 1.165) is 49.6 Å². The Labute approximate surface area is 165 Å². The molecule has 2 aliphatic heterocycles. The maximum Gasteiger partial charge on any atom is 0.250 e. The van der Waals surface area contributed by atoms with Crippen molar-refractivity contribution in [3.8, 4) is 5.75 Å². The van der Waals surface area contributed by atoms with Crippen LogP contribution in [0, 0.1) is 5.92 Å². The highest BCUT2D eigenvalue weighted by Gasteiger charge is 2.34. The average molecular weight is 381 g/mol. The SMILES string of the molecule is COc1ccc(CC(=O)NCCN2C[C@@H]3C[C@H](C2)c2cccc(=O)n2C3)cc1. The molecule has 1 amide bonds. The van der Waals surface area contributed by atoms with Crippen LogP contribution in [0.4, 0.5) is 0 Å². The molecule has 0 radical (unpaired) electrons. The lowest BCUT2D eigenvalue weighted by molar-refractivity contribution is -0.120. The highest BCUT2D eigenvalue weighted by molar-refractivity contribution is 5.78. The number of pyridine rings is 1. The third-order valence-corrected chi connectivity index (χ3v) is 5.83. The van der Waals surface area contributed by atoms with E-state index in [1.807, 2.05) is 34.9 Å². The Morgan fingerprint density at radius 1 is 1.14 bits per heavy atom. The summed E-state index contributed by atoms with van der Waals surface area (Å²) in [7, 11) is 1.63. The molecule has 3 heterocycles. The predicted octanol–water partition coefficient (Wildman–Crippen LogP) is 1.63. The largest absolute Gasteiger partial charge is 0.497 e. The first-order valence-electron chi connectivity index (χ1n) is 9.94. The Bertz CT molecular complexity index is 891. The number of carbonyl (C=O) groups is 1. The summed E-state index contributed by atoms with van der Waals surface area (Å²) in [4.78, 5) is 26.7. The second kappa shape index (κ2) is 8.19. The third-order valence-electron chi connectivity index (χ3n) is 5.83. The van der Waals surface area contributed by atoms with Gasteiger partial charge in [0.1, 0.15) is 5.75 Å². The Kier molecular flexibility index (Phi) is 5.48. The molecule has 4 rings (SSSR count). The maximum atomic E-state index is 12.2. The molecule has 6 heteroatoms. The number of nitrogens with zero attached hydrogens (tertiary/aromatic N) is 2. The number of rotatable bonds is 6. The minimum absolute atomic E-state index is 0.0410. The molecule has 0 aliphatic carbocycles. The number of aromatic nitrogens is 1. The zero-order valence-corrected chi connectivity index (χ0v) is 16.3. The second-order valence-electron chi connectivity index (χ2n) is 7.83. The van der Waals surface area contributed by atoms with Crippen LogP contribution in [0.1, 0.15) is 23.6 Å². The number of piperidine rings is 1. The zero-order valence-electron chi connectivity index (χ0n) is 16.3. The van der Waals surface area contributed by atoms with Gasteiger partial charge in [0.05, 0.1) is 13.5 Å². The zero-order chi connectivity index (χ0) is 19.5. The Morgan fingerprint density at radius 3 is 2.75 bits per heavy atom. The summed E-state index contributed by atoms with van der Waals surface area (Å²) >= 11 is 0. The topological polar surface area (TPSA) is 63.6 Å². The molecule has 1 N–H and O–H groups in total. The molecular formula is C22H27N3O3. The highest BCUT2D eigenvalue weighted by Crippen LogP contribution is 2.34. The molecule has 1 aromatic heterocycles. The summed E-state index contributed by atoms with van der Waals surface area (Å²) in [6.07, 6.45) is 1.54. The van der Waals surface area contributed by atoms with Gasteiger partial charge in [0.25, 0.3) is 5.56 Å². The monoisotopic (exact) mass is 381 g/mol. The molecule has 2 aliphatic rings. The van der Waals surface area contributed by atoms with E-state index >= 15 is 0 Å². The van der Waals surface area contributed by atoms with Crippen molar-refractivity contribution >= 4 is 5.91 Å². The van der Waals surface area contributed by atoms with Crippen molar-refractivity contribution in [1.82, 2.24) is 14.8 Å². The first-order chi connectivity index (χ1) is 13.6. The summed E-state index contributed by atoms with van der Waals surface area (Å²) in [6.45, 7) is 4.25. The Balaban J connectivity index is 1.27. The molecular weight excluding hydrogens is 354 g/mol. The summed E-state index contributed by atoms with van der Waals surface area (Å²) in [5, 5.41) is 3.03. The van der Waals surface area contributed by atoms with Crippen LogP contribution in [-0.4, -0.2) is 48.7 Å². The van der Waals surface area contributed by atoms with Crippen molar-refractivity contribution < 1.29 is 9.53 Å². The van der Waals surface area contributed by atoms with Crippen molar-refractivity contribution in [2.24, 2.45) is 5.92 Å². The van der Waals surface area contributed by atoms with Crippen molar-refractivity contribution in [2.75, 3.05) is 33.3 Å². The van der Waals surface area contributed by atoms with Gasteiger partial charge in [-0.15, -0.1) is 0 Å². The molecule has 28 heavy (non-hydrogen) atoms. The summed E-state index contributed by atoms with van der Waals surface area (Å²) < 4.78 is 7.09. The number of ether oxygens (including phenoxy) is 1. The summed E-state index contributed by atoms with van der Waals surface area (Å²) in [5.74, 6) is 1.76. The highest BCUT2D eigenvalue weighted by atomic mass is 16.5. The van der Waals surface area contributed by atoms with Crippen LogP contribution < -0.4 is 15.6 Å². The van der Waals surface area contributed by atoms with Gasteiger partial charge in [-0.2, -0.15) is 0 Å². The van der Waals surface area contributed by atoms with Gasteiger partial charge in [0.15, 0.2) is 0 Å². The number of likely N-dealkylation sites (tertiary alicyclic amines) is 1. The molecule has 0 spiro atoms. The molecule has 2 atom stereocenters. The summed E-state index contributed by atoms with van der Waals surface area (Å²) in [6, 6.07) is 13.2. The molecule has 148 valence electrons. The minimum Gasteiger partial charge on any atom is -0.497 e. The van der Waals surface area contributed by atoms with E-state index in [4.69, 9.17) is 4.74 Å². The van der Waals surface area contributed by atoms with Gasteiger partial charge < -0.3 is 19.5 Å². The van der Waals surface area contributed by atoms with Crippen molar-refractivity contribution in [3.63, 3.8) is 0 Å². The van der Waals surface area contributed by atoms with E-state index in [9.17, 15) is 9.59 Å². The number of hydrogen-bond donors (Lipinski definition) is 1. The second-order valence-corrected chi connectivity index (χ2v) is 7.83. The standard InChI is InChI=1S/C22H27N3O3/c1-28-19-7-5-16(6-8-19)12-21(26)23-9-10-24-13-17-11-18(15-24)20-3-2-4-22(27)25(20)14-17/h2-8,17-18H,9-15H2,1H3,(H,23,26)/t17-,18+/m0/s1. The Hall–Kier alpha value is -2.60. The Morgan fingerprint density at radius 2 is 1.96 bits per heavy atom. The van der Waals surface area contributed by atoms with Gasteiger partial charge in [-0.05, 0) is 36.1 Å². The van der Waals surface area contributed by atoms with Crippen molar-refractivity contribution in [3.05, 3.63) is 64.1 Å². The summed E-state index contributed by atoms with van der Waals surface area (Å²) in [5.41, 5.74) is 2.26. The maximum absolute atomic E-state index is 12.2. The minimum atomic E-state index is 0.0410. The fraction of sp³-hybridized carbons (Fsp3) is 0.455. The van der Waals surface area contributed by atoms with Crippen LogP contribution in [0.15, 0.2) is 47.3 Å². The third kappa shape index (κ3) is 4.12. The molecule has 2 aromatic rings. The van der Waals surface area contributed by atoms with Crippen LogP contribution in [-0.2, 0) is 17.8 Å². The van der Waals surface area contributed by atoms with E-state index in [0.29, 0.717) is 24.8 Å². The van der Waals surface area contributed by atoms with Crippen LogP contribution >= 0.6 is 0 Å². The average Bonchev–Trinajstić information content (AvgIpc) is 2.69. The number of nitrogens with one attached hydrogen (secondary N) is 1. The van der Waals surface area contributed by atoms with E-state index < -0.39 is 0 Å². The van der Waals surface area contributed by atoms with Crippen LogP contribution in [0.3, 0.4) is 0 Å². The molecule has 1 aromatic carbocycles.